The molecular formula is C6H13N3O3. The molecule has 6 heteroatoms. The highest BCUT2D eigenvalue weighted by atomic mass is 16.4. The average molecular weight is 175 g/mol. The third-order valence-electron chi connectivity index (χ3n) is 1.14. The molecule has 0 aliphatic heterocycles. The molecule has 0 spiro atoms. The van der Waals surface area contributed by atoms with Gasteiger partial charge in [-0.15, -0.1) is 0 Å². The van der Waals surface area contributed by atoms with Gasteiger partial charge < -0.3 is 21.1 Å². The molecule has 0 atom stereocenters. The molecule has 0 aliphatic carbocycles. The Morgan fingerprint density at radius 2 is 2.17 bits per heavy atom. The van der Waals surface area contributed by atoms with Gasteiger partial charge >= 0.3 is 12.0 Å². The molecule has 0 saturated heterocycles. The van der Waals surface area contributed by atoms with E-state index in [9.17, 15) is 9.59 Å². The second kappa shape index (κ2) is 5.36. The standard InChI is InChI=1S/C6H13N3O3/c1-9(4-5(10)11)6(12)8-3-2-7/h2-4,7H2,1H3,(H,8,12)(H,10,11). The summed E-state index contributed by atoms with van der Waals surface area (Å²) in [6.07, 6.45) is 0. The van der Waals surface area contributed by atoms with Crippen LogP contribution in [0.4, 0.5) is 4.79 Å². The van der Waals surface area contributed by atoms with E-state index >= 15 is 0 Å². The second-order valence-electron chi connectivity index (χ2n) is 2.27. The minimum atomic E-state index is -1.04. The topological polar surface area (TPSA) is 95.7 Å². The van der Waals surface area contributed by atoms with Gasteiger partial charge in [0.1, 0.15) is 6.54 Å². The van der Waals surface area contributed by atoms with Gasteiger partial charge in [-0.1, -0.05) is 0 Å². The largest absolute Gasteiger partial charge is 0.480 e. The lowest BCUT2D eigenvalue weighted by atomic mass is 10.5. The monoisotopic (exact) mass is 175 g/mol. The summed E-state index contributed by atoms with van der Waals surface area (Å²) in [5, 5.41) is 10.7. The maximum absolute atomic E-state index is 10.9. The summed E-state index contributed by atoms with van der Waals surface area (Å²) in [4.78, 5) is 22.1. The number of amides is 2. The van der Waals surface area contributed by atoms with Crippen molar-refractivity contribution in [3.05, 3.63) is 0 Å². The van der Waals surface area contributed by atoms with Crippen LogP contribution in [0.2, 0.25) is 0 Å². The molecule has 0 aromatic rings. The molecule has 70 valence electrons. The number of rotatable bonds is 4. The average Bonchev–Trinajstić information content (AvgIpc) is 1.98. The number of carboxylic acids is 1. The zero-order valence-electron chi connectivity index (χ0n) is 6.91. The first kappa shape index (κ1) is 10.7. The second-order valence-corrected chi connectivity index (χ2v) is 2.27. The Kier molecular flexibility index (Phi) is 4.78. The zero-order valence-corrected chi connectivity index (χ0v) is 6.91. The van der Waals surface area contributed by atoms with Gasteiger partial charge in [0.25, 0.3) is 0 Å². The van der Waals surface area contributed by atoms with E-state index < -0.39 is 12.0 Å². The maximum atomic E-state index is 10.9. The minimum absolute atomic E-state index is 0.309. The van der Waals surface area contributed by atoms with E-state index in [4.69, 9.17) is 10.8 Å². The number of nitrogens with two attached hydrogens (primary N) is 1. The molecule has 0 radical (unpaired) electrons. The van der Waals surface area contributed by atoms with Crippen LogP contribution in [0, 0.1) is 0 Å². The lowest BCUT2D eigenvalue weighted by Gasteiger charge is -2.14. The maximum Gasteiger partial charge on any atom is 0.323 e. The number of urea groups is 1. The van der Waals surface area contributed by atoms with Crippen molar-refractivity contribution in [3.8, 4) is 0 Å². The predicted molar refractivity (Wildman–Crippen MR) is 42.7 cm³/mol. The molecule has 0 unspecified atom stereocenters. The quantitative estimate of drug-likeness (QED) is 0.493. The van der Waals surface area contributed by atoms with Crippen molar-refractivity contribution >= 4 is 12.0 Å². The number of nitrogens with one attached hydrogen (secondary N) is 1. The molecule has 0 rings (SSSR count). The lowest BCUT2D eigenvalue weighted by molar-refractivity contribution is -0.137. The smallest absolute Gasteiger partial charge is 0.323 e. The van der Waals surface area contributed by atoms with Gasteiger partial charge in [-0.25, -0.2) is 4.79 Å². The third-order valence-corrected chi connectivity index (χ3v) is 1.14. The van der Waals surface area contributed by atoms with Crippen LogP contribution in [0.25, 0.3) is 0 Å². The number of carbonyl (C=O) groups excluding carboxylic acids is 1. The number of likely N-dealkylation sites (N-methyl/N-ethyl adjacent to an activating group) is 1. The molecule has 0 saturated carbocycles. The van der Waals surface area contributed by atoms with Gasteiger partial charge in [0, 0.05) is 20.1 Å². The summed E-state index contributed by atoms with van der Waals surface area (Å²) < 4.78 is 0. The Bertz CT molecular complexity index is 171. The Hall–Kier alpha value is -1.30. The molecule has 12 heavy (non-hydrogen) atoms. The van der Waals surface area contributed by atoms with Crippen molar-refractivity contribution in [2.45, 2.75) is 0 Å². The number of hydrogen-bond donors (Lipinski definition) is 3. The van der Waals surface area contributed by atoms with E-state index in [1.54, 1.807) is 0 Å². The van der Waals surface area contributed by atoms with Gasteiger partial charge in [0.2, 0.25) is 0 Å². The zero-order chi connectivity index (χ0) is 9.56. The molecule has 6 nitrogen and oxygen atoms in total. The summed E-state index contributed by atoms with van der Waals surface area (Å²) in [6.45, 7) is 0.381. The highest BCUT2D eigenvalue weighted by Crippen LogP contribution is 1.82. The van der Waals surface area contributed by atoms with E-state index in [0.717, 1.165) is 4.90 Å². The van der Waals surface area contributed by atoms with Crippen molar-refractivity contribution in [2.24, 2.45) is 5.73 Å². The highest BCUT2D eigenvalue weighted by molar-refractivity contribution is 5.79. The van der Waals surface area contributed by atoms with Crippen molar-refractivity contribution in [3.63, 3.8) is 0 Å². The minimum Gasteiger partial charge on any atom is -0.480 e. The van der Waals surface area contributed by atoms with Crippen LogP contribution < -0.4 is 11.1 Å². The molecule has 0 fully saturated rings. The lowest BCUT2D eigenvalue weighted by Crippen LogP contribution is -2.41. The third kappa shape index (κ3) is 4.51. The van der Waals surface area contributed by atoms with Crippen LogP contribution in [-0.4, -0.2) is 48.7 Å². The van der Waals surface area contributed by atoms with Gasteiger partial charge in [0.05, 0.1) is 0 Å². The number of aliphatic carboxylic acids is 1. The molecule has 0 heterocycles. The number of nitrogens with zero attached hydrogens (tertiary/aromatic N) is 1. The fourth-order valence-corrected chi connectivity index (χ4v) is 0.589. The first-order valence-corrected chi connectivity index (χ1v) is 3.48. The summed E-state index contributed by atoms with van der Waals surface area (Å²) in [7, 11) is 1.40. The molecule has 0 aromatic heterocycles. The summed E-state index contributed by atoms with van der Waals surface area (Å²) >= 11 is 0. The van der Waals surface area contributed by atoms with E-state index in [2.05, 4.69) is 5.32 Å². The van der Waals surface area contributed by atoms with Crippen LogP contribution >= 0.6 is 0 Å². The number of carbonyl (C=O) groups is 2. The van der Waals surface area contributed by atoms with Crippen molar-refractivity contribution < 1.29 is 14.7 Å². The fraction of sp³-hybridized carbons (Fsp3) is 0.667. The van der Waals surface area contributed by atoms with Crippen LogP contribution in [0.5, 0.6) is 0 Å². The molecule has 4 N–H and O–H groups in total. The van der Waals surface area contributed by atoms with Crippen molar-refractivity contribution in [1.29, 1.82) is 0 Å². The summed E-state index contributed by atoms with van der Waals surface area (Å²) in [5.41, 5.74) is 5.13. The Morgan fingerprint density at radius 3 is 2.58 bits per heavy atom. The molecule has 2 amide bonds. The number of hydrogen-bond acceptors (Lipinski definition) is 3. The highest BCUT2D eigenvalue weighted by Gasteiger charge is 2.09. The van der Waals surface area contributed by atoms with Crippen molar-refractivity contribution in [1.82, 2.24) is 10.2 Å². The van der Waals surface area contributed by atoms with Crippen molar-refractivity contribution in [2.75, 3.05) is 26.7 Å². The van der Waals surface area contributed by atoms with Crippen LogP contribution in [-0.2, 0) is 4.79 Å². The summed E-state index contributed by atoms with van der Waals surface area (Å²) in [5.74, 6) is -1.04. The van der Waals surface area contributed by atoms with Gasteiger partial charge in [-0.2, -0.15) is 0 Å². The molecule has 0 aromatic carbocycles. The Labute approximate surface area is 70.3 Å². The predicted octanol–water partition coefficient (Wildman–Crippen LogP) is -1.33. The fourth-order valence-electron chi connectivity index (χ4n) is 0.589. The molecule has 0 bridgehead atoms. The van der Waals surface area contributed by atoms with Gasteiger partial charge in [-0.05, 0) is 0 Å². The Morgan fingerprint density at radius 1 is 1.58 bits per heavy atom. The van der Waals surface area contributed by atoms with E-state index in [1.807, 2.05) is 0 Å². The Balaban J connectivity index is 3.69. The van der Waals surface area contributed by atoms with E-state index in [1.165, 1.54) is 7.05 Å². The SMILES string of the molecule is CN(CC(=O)O)C(=O)NCCN. The number of carboxylic acid groups (broad SMARTS) is 1. The first-order valence-electron chi connectivity index (χ1n) is 3.48. The molecule has 0 aliphatic rings. The summed E-state index contributed by atoms with van der Waals surface area (Å²) in [6, 6.07) is -0.428. The van der Waals surface area contributed by atoms with Gasteiger partial charge in [0.15, 0.2) is 0 Å². The van der Waals surface area contributed by atoms with Gasteiger partial charge in [-0.3, -0.25) is 4.79 Å². The van der Waals surface area contributed by atoms with E-state index in [0.29, 0.717) is 13.1 Å². The molecular weight excluding hydrogens is 162 g/mol. The van der Waals surface area contributed by atoms with Crippen LogP contribution in [0.15, 0.2) is 0 Å². The van der Waals surface area contributed by atoms with E-state index in [-0.39, 0.29) is 6.54 Å². The first-order chi connectivity index (χ1) is 5.57. The van der Waals surface area contributed by atoms with Crippen LogP contribution in [0.3, 0.4) is 0 Å². The normalized spacial score (nSPS) is 9.17. The van der Waals surface area contributed by atoms with Crippen LogP contribution in [0.1, 0.15) is 0 Å².